The Morgan fingerprint density at radius 1 is 1.00 bits per heavy atom. The lowest BCUT2D eigenvalue weighted by atomic mass is 10.0. The molecule has 146 valence electrons. The monoisotopic (exact) mass is 378 g/mol. The van der Waals surface area contributed by atoms with E-state index in [1.54, 1.807) is 6.07 Å². The molecule has 0 aliphatic heterocycles. The third-order valence-electron chi connectivity index (χ3n) is 5.12. The maximum atomic E-state index is 13.3. The van der Waals surface area contributed by atoms with Gasteiger partial charge in [-0.2, -0.15) is 0 Å². The van der Waals surface area contributed by atoms with Crippen molar-refractivity contribution in [2.45, 2.75) is 47.5 Å². The average Bonchev–Trinajstić information content (AvgIpc) is 2.66. The SMILES string of the molecule is CCC(CC)C(=O)Oc1c(-c2ccc(C)cc2)oc2c(C)cc(C)cc2c1=O. The molecule has 4 heteroatoms. The molecule has 0 bridgehead atoms. The first-order valence-electron chi connectivity index (χ1n) is 9.72. The Labute approximate surface area is 165 Å². The van der Waals surface area contributed by atoms with Crippen LogP contribution in [-0.4, -0.2) is 5.97 Å². The molecule has 28 heavy (non-hydrogen) atoms. The van der Waals surface area contributed by atoms with Gasteiger partial charge in [0.25, 0.3) is 0 Å². The fraction of sp³-hybridized carbons (Fsp3) is 0.333. The Bertz CT molecular complexity index is 1070. The molecule has 0 spiro atoms. The molecule has 0 fully saturated rings. The molecule has 0 saturated heterocycles. The van der Waals surface area contributed by atoms with Gasteiger partial charge in [0.15, 0.2) is 5.76 Å². The first-order valence-corrected chi connectivity index (χ1v) is 9.72. The molecule has 0 radical (unpaired) electrons. The summed E-state index contributed by atoms with van der Waals surface area (Å²) in [4.78, 5) is 25.9. The molecular weight excluding hydrogens is 352 g/mol. The number of benzene rings is 2. The molecule has 0 saturated carbocycles. The highest BCUT2D eigenvalue weighted by Gasteiger charge is 2.24. The number of hydrogen-bond acceptors (Lipinski definition) is 4. The van der Waals surface area contributed by atoms with Crippen LogP contribution in [0.5, 0.6) is 5.75 Å². The van der Waals surface area contributed by atoms with E-state index in [9.17, 15) is 9.59 Å². The van der Waals surface area contributed by atoms with Gasteiger partial charge < -0.3 is 9.15 Å². The van der Waals surface area contributed by atoms with Gasteiger partial charge in [0, 0.05) is 5.56 Å². The third-order valence-corrected chi connectivity index (χ3v) is 5.12. The van der Waals surface area contributed by atoms with Gasteiger partial charge in [-0.15, -0.1) is 0 Å². The number of esters is 1. The van der Waals surface area contributed by atoms with Crippen LogP contribution in [0.4, 0.5) is 0 Å². The number of rotatable bonds is 5. The summed E-state index contributed by atoms with van der Waals surface area (Å²) in [5, 5.41) is 0.431. The van der Waals surface area contributed by atoms with Crippen LogP contribution in [0.15, 0.2) is 45.6 Å². The molecule has 4 nitrogen and oxygen atoms in total. The number of hydrogen-bond donors (Lipinski definition) is 0. The highest BCUT2D eigenvalue weighted by Crippen LogP contribution is 2.33. The Balaban J connectivity index is 2.27. The van der Waals surface area contributed by atoms with E-state index >= 15 is 0 Å². The zero-order valence-corrected chi connectivity index (χ0v) is 17.1. The molecule has 0 atom stereocenters. The maximum Gasteiger partial charge on any atom is 0.314 e. The van der Waals surface area contributed by atoms with Crippen LogP contribution in [-0.2, 0) is 4.79 Å². The molecule has 3 rings (SSSR count). The summed E-state index contributed by atoms with van der Waals surface area (Å²) in [6, 6.07) is 11.4. The van der Waals surface area contributed by atoms with E-state index in [1.165, 1.54) is 0 Å². The van der Waals surface area contributed by atoms with E-state index in [-0.39, 0.29) is 17.1 Å². The van der Waals surface area contributed by atoms with Crippen LogP contribution in [0.1, 0.15) is 43.4 Å². The second-order valence-corrected chi connectivity index (χ2v) is 7.35. The number of fused-ring (bicyclic) bond motifs is 1. The fourth-order valence-corrected chi connectivity index (χ4v) is 3.43. The van der Waals surface area contributed by atoms with E-state index in [1.807, 2.05) is 65.0 Å². The number of carbonyl (C=O) groups excluding carboxylic acids is 1. The Kier molecular flexibility index (Phi) is 5.68. The average molecular weight is 378 g/mol. The third kappa shape index (κ3) is 3.72. The molecule has 0 aliphatic rings. The van der Waals surface area contributed by atoms with Crippen molar-refractivity contribution >= 4 is 16.9 Å². The standard InChI is InChI=1S/C24H26O4/c1-6-17(7-2)24(26)28-23-20(25)19-13-15(4)12-16(5)21(19)27-22(23)18-10-8-14(3)9-11-18/h8-13,17H,6-7H2,1-5H3. The van der Waals surface area contributed by atoms with Gasteiger partial charge in [0.05, 0.1) is 11.3 Å². The maximum absolute atomic E-state index is 13.3. The van der Waals surface area contributed by atoms with Crippen molar-refractivity contribution in [2.75, 3.05) is 0 Å². The van der Waals surface area contributed by atoms with Gasteiger partial charge in [0.2, 0.25) is 11.2 Å². The van der Waals surface area contributed by atoms with Crippen LogP contribution < -0.4 is 10.2 Å². The van der Waals surface area contributed by atoms with Gasteiger partial charge in [-0.1, -0.05) is 49.7 Å². The van der Waals surface area contributed by atoms with Gasteiger partial charge in [-0.05, 0) is 50.8 Å². The van der Waals surface area contributed by atoms with Crippen molar-refractivity contribution in [3.05, 3.63) is 63.3 Å². The molecular formula is C24H26O4. The minimum Gasteiger partial charge on any atom is -0.452 e. The summed E-state index contributed by atoms with van der Waals surface area (Å²) in [5.41, 5.74) is 3.83. The van der Waals surface area contributed by atoms with Crippen LogP contribution in [0.25, 0.3) is 22.3 Å². The second kappa shape index (κ2) is 8.01. The molecule has 2 aromatic carbocycles. The largest absolute Gasteiger partial charge is 0.452 e. The predicted molar refractivity (Wildman–Crippen MR) is 112 cm³/mol. The number of aryl methyl sites for hydroxylation is 3. The summed E-state index contributed by atoms with van der Waals surface area (Å²) in [5.74, 6) is -0.378. The zero-order valence-electron chi connectivity index (χ0n) is 17.1. The van der Waals surface area contributed by atoms with Crippen molar-refractivity contribution in [3.8, 4) is 17.1 Å². The lowest BCUT2D eigenvalue weighted by Crippen LogP contribution is -2.23. The number of carbonyl (C=O) groups is 1. The molecule has 3 aromatic rings. The van der Waals surface area contributed by atoms with Crippen LogP contribution >= 0.6 is 0 Å². The first-order chi connectivity index (χ1) is 13.3. The lowest BCUT2D eigenvalue weighted by Gasteiger charge is -2.15. The van der Waals surface area contributed by atoms with E-state index in [0.29, 0.717) is 35.1 Å². The zero-order chi connectivity index (χ0) is 20.4. The van der Waals surface area contributed by atoms with Gasteiger partial charge in [0.1, 0.15) is 5.58 Å². The molecule has 0 amide bonds. The Morgan fingerprint density at radius 2 is 1.64 bits per heavy atom. The quantitative estimate of drug-likeness (QED) is 0.532. The van der Waals surface area contributed by atoms with E-state index in [0.717, 1.165) is 16.7 Å². The van der Waals surface area contributed by atoms with Crippen molar-refractivity contribution in [1.82, 2.24) is 0 Å². The van der Waals surface area contributed by atoms with Crippen LogP contribution in [0.3, 0.4) is 0 Å². The second-order valence-electron chi connectivity index (χ2n) is 7.35. The molecule has 1 aromatic heterocycles. The smallest absolute Gasteiger partial charge is 0.314 e. The van der Waals surface area contributed by atoms with Crippen LogP contribution in [0.2, 0.25) is 0 Å². The van der Waals surface area contributed by atoms with Gasteiger partial charge in [-0.25, -0.2) is 0 Å². The van der Waals surface area contributed by atoms with Crippen molar-refractivity contribution in [2.24, 2.45) is 5.92 Å². The van der Waals surface area contributed by atoms with Crippen molar-refractivity contribution in [1.29, 1.82) is 0 Å². The predicted octanol–water partition coefficient (Wildman–Crippen LogP) is 5.73. The summed E-state index contributed by atoms with van der Waals surface area (Å²) in [7, 11) is 0. The van der Waals surface area contributed by atoms with E-state index in [4.69, 9.17) is 9.15 Å². The fourth-order valence-electron chi connectivity index (χ4n) is 3.43. The highest BCUT2D eigenvalue weighted by atomic mass is 16.5. The van der Waals surface area contributed by atoms with E-state index < -0.39 is 5.97 Å². The van der Waals surface area contributed by atoms with E-state index in [2.05, 4.69) is 0 Å². The summed E-state index contributed by atoms with van der Waals surface area (Å²) >= 11 is 0. The Hall–Kier alpha value is -2.88. The minimum atomic E-state index is -0.394. The number of ether oxygens (including phenoxy) is 1. The van der Waals surface area contributed by atoms with Gasteiger partial charge in [-0.3, -0.25) is 9.59 Å². The highest BCUT2D eigenvalue weighted by molar-refractivity contribution is 5.87. The van der Waals surface area contributed by atoms with Crippen LogP contribution in [0, 0.1) is 26.7 Å². The summed E-state index contributed by atoms with van der Waals surface area (Å²) in [6.45, 7) is 9.70. The summed E-state index contributed by atoms with van der Waals surface area (Å²) in [6.07, 6.45) is 1.32. The topological polar surface area (TPSA) is 56.5 Å². The minimum absolute atomic E-state index is 0.0294. The Morgan fingerprint density at radius 3 is 2.25 bits per heavy atom. The molecule has 0 unspecified atom stereocenters. The van der Waals surface area contributed by atoms with Crippen molar-refractivity contribution in [3.63, 3.8) is 0 Å². The summed E-state index contributed by atoms with van der Waals surface area (Å²) < 4.78 is 11.8. The van der Waals surface area contributed by atoms with Gasteiger partial charge >= 0.3 is 5.97 Å². The normalized spacial score (nSPS) is 11.2. The molecule has 0 N–H and O–H groups in total. The molecule has 0 aliphatic carbocycles. The van der Waals surface area contributed by atoms with Crippen molar-refractivity contribution < 1.29 is 13.9 Å². The first kappa shape index (κ1) is 19.9. The molecule has 1 heterocycles. The lowest BCUT2D eigenvalue weighted by molar-refractivity contribution is -0.139.